The van der Waals surface area contributed by atoms with E-state index in [0.29, 0.717) is 5.41 Å². The van der Waals surface area contributed by atoms with E-state index in [4.69, 9.17) is 0 Å². The molecule has 0 unspecified atom stereocenters. The minimum atomic E-state index is 0.589. The average Bonchev–Trinajstić information content (AvgIpc) is 2.98. The van der Waals surface area contributed by atoms with Gasteiger partial charge in [0.1, 0.15) is 0 Å². The number of aryl methyl sites for hydroxylation is 2. The summed E-state index contributed by atoms with van der Waals surface area (Å²) in [5.41, 5.74) is 3.02. The van der Waals surface area contributed by atoms with Crippen LogP contribution in [0.25, 0.3) is 0 Å². The van der Waals surface area contributed by atoms with Gasteiger partial charge >= 0.3 is 0 Å². The van der Waals surface area contributed by atoms with E-state index in [0.717, 1.165) is 31.2 Å². The third-order valence-corrected chi connectivity index (χ3v) is 4.19. The lowest BCUT2D eigenvalue weighted by molar-refractivity contribution is 0.336. The standard InChI is InChI=1S/C14H25N3/c1-5-17-13(8-12(4)16-17)9-15-10-14(6-7-14)11(2)3/h8,11,15H,5-7,9-10H2,1-4H3. The molecular formula is C14H25N3. The lowest BCUT2D eigenvalue weighted by Gasteiger charge is -2.20. The van der Waals surface area contributed by atoms with Gasteiger partial charge in [-0.3, -0.25) is 4.68 Å². The fourth-order valence-corrected chi connectivity index (χ4v) is 2.57. The lowest BCUT2D eigenvalue weighted by Crippen LogP contribution is -2.28. The van der Waals surface area contributed by atoms with E-state index in [1.165, 1.54) is 18.5 Å². The number of aromatic nitrogens is 2. The van der Waals surface area contributed by atoms with Crippen LogP contribution < -0.4 is 5.32 Å². The third-order valence-electron chi connectivity index (χ3n) is 4.19. The van der Waals surface area contributed by atoms with Crippen LogP contribution in [-0.2, 0) is 13.1 Å². The van der Waals surface area contributed by atoms with Crippen molar-refractivity contribution in [3.05, 3.63) is 17.5 Å². The summed E-state index contributed by atoms with van der Waals surface area (Å²) in [5, 5.41) is 8.08. The predicted octanol–water partition coefficient (Wildman–Crippen LogP) is 2.74. The highest BCUT2D eigenvalue weighted by Gasteiger charge is 2.44. The molecule has 1 aromatic rings. The van der Waals surface area contributed by atoms with Crippen molar-refractivity contribution in [2.45, 2.75) is 53.6 Å². The van der Waals surface area contributed by atoms with Crippen LogP contribution >= 0.6 is 0 Å². The van der Waals surface area contributed by atoms with Crippen molar-refractivity contribution in [1.29, 1.82) is 0 Å². The molecule has 1 saturated carbocycles. The third kappa shape index (κ3) is 2.71. The molecule has 0 radical (unpaired) electrons. The molecule has 0 aromatic carbocycles. The SMILES string of the molecule is CCn1nc(C)cc1CNCC1(C(C)C)CC1. The summed E-state index contributed by atoms with van der Waals surface area (Å²) >= 11 is 0. The van der Waals surface area contributed by atoms with E-state index in [1.807, 2.05) is 0 Å². The Morgan fingerprint density at radius 3 is 2.71 bits per heavy atom. The fraction of sp³-hybridized carbons (Fsp3) is 0.786. The van der Waals surface area contributed by atoms with E-state index in [9.17, 15) is 0 Å². The van der Waals surface area contributed by atoms with Gasteiger partial charge in [-0.1, -0.05) is 13.8 Å². The zero-order chi connectivity index (χ0) is 12.5. The molecule has 3 nitrogen and oxygen atoms in total. The van der Waals surface area contributed by atoms with Gasteiger partial charge in [-0.2, -0.15) is 5.10 Å². The van der Waals surface area contributed by atoms with Crippen LogP contribution in [0.1, 0.15) is 45.0 Å². The van der Waals surface area contributed by atoms with Crippen LogP contribution in [-0.4, -0.2) is 16.3 Å². The van der Waals surface area contributed by atoms with E-state index in [1.54, 1.807) is 0 Å². The quantitative estimate of drug-likeness (QED) is 0.821. The second-order valence-electron chi connectivity index (χ2n) is 5.71. The van der Waals surface area contributed by atoms with Crippen molar-refractivity contribution in [3.63, 3.8) is 0 Å². The monoisotopic (exact) mass is 235 g/mol. The molecule has 2 rings (SSSR count). The Bertz CT molecular complexity index is 375. The maximum atomic E-state index is 4.47. The van der Waals surface area contributed by atoms with E-state index >= 15 is 0 Å². The topological polar surface area (TPSA) is 29.9 Å². The summed E-state index contributed by atoms with van der Waals surface area (Å²) in [4.78, 5) is 0. The van der Waals surface area contributed by atoms with Crippen molar-refractivity contribution in [2.75, 3.05) is 6.54 Å². The number of nitrogens with one attached hydrogen (secondary N) is 1. The van der Waals surface area contributed by atoms with Gasteiger partial charge in [0, 0.05) is 19.6 Å². The summed E-state index contributed by atoms with van der Waals surface area (Å²) in [7, 11) is 0. The van der Waals surface area contributed by atoms with Crippen LogP contribution in [0.3, 0.4) is 0 Å². The van der Waals surface area contributed by atoms with Gasteiger partial charge in [0.2, 0.25) is 0 Å². The first-order valence-corrected chi connectivity index (χ1v) is 6.81. The summed E-state index contributed by atoms with van der Waals surface area (Å²) < 4.78 is 2.09. The molecule has 1 aliphatic rings. The molecule has 0 amide bonds. The number of hydrogen-bond acceptors (Lipinski definition) is 2. The Morgan fingerprint density at radius 2 is 2.18 bits per heavy atom. The summed E-state index contributed by atoms with van der Waals surface area (Å²) in [6, 6.07) is 2.19. The molecule has 0 atom stereocenters. The molecule has 0 saturated heterocycles. The highest BCUT2D eigenvalue weighted by Crippen LogP contribution is 2.51. The highest BCUT2D eigenvalue weighted by atomic mass is 15.3. The van der Waals surface area contributed by atoms with Crippen LogP contribution in [0.4, 0.5) is 0 Å². The minimum absolute atomic E-state index is 0.589. The summed E-state index contributed by atoms with van der Waals surface area (Å²) in [6.07, 6.45) is 2.79. The van der Waals surface area contributed by atoms with Gasteiger partial charge in [-0.25, -0.2) is 0 Å². The Hall–Kier alpha value is -0.830. The Morgan fingerprint density at radius 1 is 1.47 bits per heavy atom. The largest absolute Gasteiger partial charge is 0.311 e. The van der Waals surface area contributed by atoms with Crippen molar-refractivity contribution in [2.24, 2.45) is 11.3 Å². The Balaban J connectivity index is 1.86. The smallest absolute Gasteiger partial charge is 0.0597 e. The Kier molecular flexibility index (Phi) is 3.57. The van der Waals surface area contributed by atoms with Gasteiger partial charge in [-0.15, -0.1) is 0 Å². The van der Waals surface area contributed by atoms with Gasteiger partial charge in [0.05, 0.1) is 11.4 Å². The first kappa shape index (κ1) is 12.6. The molecule has 1 N–H and O–H groups in total. The fourth-order valence-electron chi connectivity index (χ4n) is 2.57. The van der Waals surface area contributed by atoms with Crippen molar-refractivity contribution in [1.82, 2.24) is 15.1 Å². The molecule has 0 bridgehead atoms. The van der Waals surface area contributed by atoms with E-state index < -0.39 is 0 Å². The lowest BCUT2D eigenvalue weighted by atomic mass is 9.92. The van der Waals surface area contributed by atoms with Crippen molar-refractivity contribution < 1.29 is 0 Å². The van der Waals surface area contributed by atoms with Crippen LogP contribution in [0.2, 0.25) is 0 Å². The van der Waals surface area contributed by atoms with Crippen LogP contribution in [0.5, 0.6) is 0 Å². The number of rotatable bonds is 6. The molecule has 17 heavy (non-hydrogen) atoms. The maximum Gasteiger partial charge on any atom is 0.0597 e. The first-order valence-electron chi connectivity index (χ1n) is 6.81. The second-order valence-corrected chi connectivity index (χ2v) is 5.71. The molecule has 96 valence electrons. The molecule has 1 heterocycles. The van der Waals surface area contributed by atoms with Crippen molar-refractivity contribution in [3.8, 4) is 0 Å². The molecule has 1 aromatic heterocycles. The van der Waals surface area contributed by atoms with E-state index in [2.05, 4.69) is 48.9 Å². The molecule has 0 spiro atoms. The normalized spacial score (nSPS) is 17.7. The molecule has 3 heteroatoms. The zero-order valence-electron chi connectivity index (χ0n) is 11.6. The number of nitrogens with zero attached hydrogens (tertiary/aromatic N) is 2. The van der Waals surface area contributed by atoms with Crippen molar-refractivity contribution >= 4 is 0 Å². The van der Waals surface area contributed by atoms with Gasteiger partial charge in [0.25, 0.3) is 0 Å². The molecule has 1 aliphatic carbocycles. The van der Waals surface area contributed by atoms with Crippen LogP contribution in [0.15, 0.2) is 6.07 Å². The molecule has 0 aliphatic heterocycles. The highest BCUT2D eigenvalue weighted by molar-refractivity contribution is 5.09. The van der Waals surface area contributed by atoms with Gasteiger partial charge < -0.3 is 5.32 Å². The summed E-state index contributed by atoms with van der Waals surface area (Å²) in [6.45, 7) is 11.9. The van der Waals surface area contributed by atoms with E-state index in [-0.39, 0.29) is 0 Å². The summed E-state index contributed by atoms with van der Waals surface area (Å²) in [5.74, 6) is 0.799. The maximum absolute atomic E-state index is 4.47. The van der Waals surface area contributed by atoms with Gasteiger partial charge in [-0.05, 0) is 44.1 Å². The second kappa shape index (κ2) is 4.81. The minimum Gasteiger partial charge on any atom is -0.311 e. The Labute approximate surface area is 105 Å². The molecule has 1 fully saturated rings. The number of hydrogen-bond donors (Lipinski definition) is 1. The first-order chi connectivity index (χ1) is 8.07. The van der Waals surface area contributed by atoms with Crippen LogP contribution in [0, 0.1) is 18.3 Å². The predicted molar refractivity (Wildman–Crippen MR) is 70.8 cm³/mol. The molecular weight excluding hydrogens is 210 g/mol. The average molecular weight is 235 g/mol. The zero-order valence-corrected chi connectivity index (χ0v) is 11.6. The van der Waals surface area contributed by atoms with Gasteiger partial charge in [0.15, 0.2) is 0 Å².